The van der Waals surface area contributed by atoms with Crippen LogP contribution in [-0.4, -0.2) is 33.1 Å². The van der Waals surface area contributed by atoms with Crippen LogP contribution in [0.4, 0.5) is 5.69 Å². The third kappa shape index (κ3) is 2.57. The van der Waals surface area contributed by atoms with Crippen LogP contribution in [0.25, 0.3) is 0 Å². The van der Waals surface area contributed by atoms with Crippen LogP contribution in [-0.2, 0) is 9.84 Å². The van der Waals surface area contributed by atoms with Gasteiger partial charge in [0.05, 0.1) is 29.9 Å². The summed E-state index contributed by atoms with van der Waals surface area (Å²) < 4.78 is 28.0. The summed E-state index contributed by atoms with van der Waals surface area (Å²) in [7, 11) is -1.42. The summed E-state index contributed by atoms with van der Waals surface area (Å²) >= 11 is 0. The van der Waals surface area contributed by atoms with E-state index in [-0.39, 0.29) is 17.5 Å². The van der Waals surface area contributed by atoms with E-state index in [0.717, 1.165) is 0 Å². The quantitative estimate of drug-likeness (QED) is 0.888. The first-order valence-electron chi connectivity index (χ1n) is 5.60. The Bertz CT molecular complexity index is 590. The van der Waals surface area contributed by atoms with Crippen molar-refractivity contribution in [3.8, 4) is 11.8 Å². The van der Waals surface area contributed by atoms with Crippen LogP contribution in [0, 0.1) is 11.3 Å². The van der Waals surface area contributed by atoms with Crippen LogP contribution >= 0.6 is 0 Å². The Balaban J connectivity index is 2.26. The van der Waals surface area contributed by atoms with Crippen molar-refractivity contribution in [1.82, 2.24) is 0 Å². The number of rotatable bonds is 3. The molecule has 1 heterocycles. The zero-order valence-electron chi connectivity index (χ0n) is 10.0. The van der Waals surface area contributed by atoms with E-state index in [9.17, 15) is 8.42 Å². The number of nitrogens with zero attached hydrogens (tertiary/aromatic N) is 1. The van der Waals surface area contributed by atoms with Gasteiger partial charge in [-0.05, 0) is 18.6 Å². The highest BCUT2D eigenvalue weighted by Gasteiger charge is 2.28. The van der Waals surface area contributed by atoms with Crippen LogP contribution in [0.2, 0.25) is 0 Å². The van der Waals surface area contributed by atoms with Gasteiger partial charge in [0.15, 0.2) is 9.84 Å². The van der Waals surface area contributed by atoms with E-state index in [4.69, 9.17) is 10.00 Å². The van der Waals surface area contributed by atoms with Gasteiger partial charge in [0, 0.05) is 6.04 Å². The van der Waals surface area contributed by atoms with Crippen molar-refractivity contribution in [2.75, 3.05) is 23.9 Å². The number of methoxy groups -OCH3 is 1. The van der Waals surface area contributed by atoms with Gasteiger partial charge in [0.25, 0.3) is 0 Å². The average molecular weight is 266 g/mol. The van der Waals surface area contributed by atoms with Crippen LogP contribution in [0.3, 0.4) is 0 Å². The summed E-state index contributed by atoms with van der Waals surface area (Å²) in [5, 5.41) is 12.2. The normalized spacial score (nSPS) is 21.2. The van der Waals surface area contributed by atoms with Crippen molar-refractivity contribution < 1.29 is 13.2 Å². The van der Waals surface area contributed by atoms with Gasteiger partial charge in [-0.25, -0.2) is 8.42 Å². The van der Waals surface area contributed by atoms with E-state index in [1.54, 1.807) is 18.2 Å². The number of hydrogen-bond donors (Lipinski definition) is 1. The molecule has 0 aromatic heterocycles. The molecule has 2 rings (SSSR count). The van der Waals surface area contributed by atoms with Crippen LogP contribution in [0.5, 0.6) is 5.75 Å². The molecule has 1 aromatic carbocycles. The number of hydrogen-bond acceptors (Lipinski definition) is 5. The van der Waals surface area contributed by atoms with Gasteiger partial charge in [-0.15, -0.1) is 0 Å². The molecule has 1 atom stereocenters. The first kappa shape index (κ1) is 12.7. The van der Waals surface area contributed by atoms with Gasteiger partial charge < -0.3 is 10.1 Å². The minimum atomic E-state index is -2.94. The number of para-hydroxylation sites is 1. The van der Waals surface area contributed by atoms with Crippen molar-refractivity contribution >= 4 is 15.5 Å². The van der Waals surface area contributed by atoms with Crippen LogP contribution in [0.15, 0.2) is 18.2 Å². The molecule has 1 saturated heterocycles. The van der Waals surface area contributed by atoms with Crippen LogP contribution in [0.1, 0.15) is 12.0 Å². The Labute approximate surface area is 106 Å². The molecule has 6 heteroatoms. The summed E-state index contributed by atoms with van der Waals surface area (Å²) in [5.74, 6) is 0.857. The second-order valence-corrected chi connectivity index (χ2v) is 6.47. The molecule has 5 nitrogen and oxygen atoms in total. The first-order chi connectivity index (χ1) is 8.55. The van der Waals surface area contributed by atoms with Gasteiger partial charge >= 0.3 is 0 Å². The van der Waals surface area contributed by atoms with Gasteiger partial charge in [-0.2, -0.15) is 5.26 Å². The minimum absolute atomic E-state index is 0.107. The molecular formula is C12H14N2O3S. The molecule has 0 saturated carbocycles. The molecule has 0 amide bonds. The number of benzene rings is 1. The Morgan fingerprint density at radius 2 is 2.28 bits per heavy atom. The van der Waals surface area contributed by atoms with Crippen molar-refractivity contribution in [1.29, 1.82) is 5.26 Å². The predicted molar refractivity (Wildman–Crippen MR) is 68.4 cm³/mol. The number of nitrogens with one attached hydrogen (secondary N) is 1. The molecule has 1 unspecified atom stereocenters. The Kier molecular flexibility index (Phi) is 3.43. The fraction of sp³-hybridized carbons (Fsp3) is 0.417. The maximum atomic E-state index is 11.4. The predicted octanol–water partition coefficient (Wildman–Crippen LogP) is 1.17. The highest BCUT2D eigenvalue weighted by atomic mass is 32.2. The summed E-state index contributed by atoms with van der Waals surface area (Å²) in [6, 6.07) is 7.07. The zero-order valence-corrected chi connectivity index (χ0v) is 10.8. The van der Waals surface area contributed by atoms with Crippen molar-refractivity contribution in [3.63, 3.8) is 0 Å². The minimum Gasteiger partial charge on any atom is -0.495 e. The number of anilines is 1. The highest BCUT2D eigenvalue weighted by Crippen LogP contribution is 2.30. The topological polar surface area (TPSA) is 79.2 Å². The van der Waals surface area contributed by atoms with Crippen molar-refractivity contribution in [2.24, 2.45) is 0 Å². The summed E-state index contributed by atoms with van der Waals surface area (Å²) in [6.07, 6.45) is 0.561. The van der Waals surface area contributed by atoms with Gasteiger partial charge in [0.2, 0.25) is 0 Å². The first-order valence-corrected chi connectivity index (χ1v) is 7.42. The van der Waals surface area contributed by atoms with Gasteiger partial charge in [-0.1, -0.05) is 6.07 Å². The summed E-state index contributed by atoms with van der Waals surface area (Å²) in [6.45, 7) is 0. The van der Waals surface area contributed by atoms with Crippen molar-refractivity contribution in [3.05, 3.63) is 23.8 Å². The van der Waals surface area contributed by atoms with E-state index >= 15 is 0 Å². The number of nitriles is 1. The Morgan fingerprint density at radius 1 is 1.50 bits per heavy atom. The second-order valence-electron chi connectivity index (χ2n) is 4.24. The molecule has 1 aliphatic heterocycles. The lowest BCUT2D eigenvalue weighted by Gasteiger charge is -2.16. The largest absolute Gasteiger partial charge is 0.495 e. The SMILES string of the molecule is COc1cccc(C#N)c1NC1CCS(=O)(=O)C1. The van der Waals surface area contributed by atoms with Gasteiger partial charge in [-0.3, -0.25) is 0 Å². The number of ether oxygens (including phenoxy) is 1. The monoisotopic (exact) mass is 266 g/mol. The number of sulfone groups is 1. The lowest BCUT2D eigenvalue weighted by molar-refractivity contribution is 0.416. The molecule has 0 spiro atoms. The molecular weight excluding hydrogens is 252 g/mol. The molecule has 18 heavy (non-hydrogen) atoms. The third-order valence-electron chi connectivity index (χ3n) is 2.95. The maximum absolute atomic E-state index is 11.4. The Hall–Kier alpha value is -1.74. The third-order valence-corrected chi connectivity index (χ3v) is 4.72. The van der Waals surface area contributed by atoms with Gasteiger partial charge in [0.1, 0.15) is 11.8 Å². The maximum Gasteiger partial charge on any atom is 0.152 e. The summed E-state index contributed by atoms with van der Waals surface area (Å²) in [5.41, 5.74) is 1.03. The average Bonchev–Trinajstić information content (AvgIpc) is 2.69. The van der Waals surface area contributed by atoms with E-state index in [1.165, 1.54) is 7.11 Å². The standard InChI is InChI=1S/C12H14N2O3S/c1-17-11-4-2-3-9(7-13)12(11)14-10-5-6-18(15,16)8-10/h2-4,10,14H,5-6,8H2,1H3. The molecule has 1 aromatic rings. The molecule has 1 fully saturated rings. The lowest BCUT2D eigenvalue weighted by atomic mass is 10.1. The molecule has 0 bridgehead atoms. The molecule has 0 radical (unpaired) electrons. The van der Waals surface area contributed by atoms with E-state index < -0.39 is 9.84 Å². The molecule has 0 aliphatic carbocycles. The van der Waals surface area contributed by atoms with E-state index in [1.807, 2.05) is 0 Å². The zero-order chi connectivity index (χ0) is 13.2. The lowest BCUT2D eigenvalue weighted by Crippen LogP contribution is -2.21. The molecule has 1 aliphatic rings. The second kappa shape index (κ2) is 4.86. The van der Waals surface area contributed by atoms with Crippen LogP contribution < -0.4 is 10.1 Å². The smallest absolute Gasteiger partial charge is 0.152 e. The highest BCUT2D eigenvalue weighted by molar-refractivity contribution is 7.91. The fourth-order valence-electron chi connectivity index (χ4n) is 2.06. The fourth-order valence-corrected chi connectivity index (χ4v) is 3.73. The Morgan fingerprint density at radius 3 is 2.83 bits per heavy atom. The van der Waals surface area contributed by atoms with Crippen molar-refractivity contribution in [2.45, 2.75) is 12.5 Å². The molecule has 96 valence electrons. The summed E-state index contributed by atoms with van der Waals surface area (Å²) in [4.78, 5) is 0. The van der Waals surface area contributed by atoms with E-state index in [0.29, 0.717) is 23.4 Å². The molecule has 1 N–H and O–H groups in total. The van der Waals surface area contributed by atoms with E-state index in [2.05, 4.69) is 11.4 Å².